The monoisotopic (exact) mass is 265 g/mol. The maximum atomic E-state index is 8.64. The molecule has 5 heteroatoms. The molecule has 106 valence electrons. The van der Waals surface area contributed by atoms with Crippen LogP contribution >= 0.6 is 0 Å². The van der Waals surface area contributed by atoms with E-state index in [0.717, 1.165) is 24.2 Å². The lowest BCUT2D eigenvalue weighted by molar-refractivity contribution is 0.0230. The number of nitrogens with one attached hydrogen (secondary N) is 1. The Morgan fingerprint density at radius 3 is 2.68 bits per heavy atom. The third kappa shape index (κ3) is 4.54. The minimum Gasteiger partial charge on any atom is -0.409 e. The second-order valence-corrected chi connectivity index (χ2v) is 5.19. The maximum absolute atomic E-state index is 8.64. The Labute approximate surface area is 114 Å². The molecular formula is C14H23N3O2. The molecule has 0 aliphatic heterocycles. The van der Waals surface area contributed by atoms with Crippen molar-refractivity contribution in [2.24, 2.45) is 10.9 Å². The molecule has 0 fully saturated rings. The molecule has 0 radical (unpaired) electrons. The molecule has 0 saturated carbocycles. The topological polar surface area (TPSA) is 79.9 Å². The molecular weight excluding hydrogens is 242 g/mol. The first kappa shape index (κ1) is 15.5. The highest BCUT2D eigenvalue weighted by molar-refractivity contribution is 5.97. The number of benzene rings is 1. The summed E-state index contributed by atoms with van der Waals surface area (Å²) < 4.78 is 5.35. The first-order valence-corrected chi connectivity index (χ1v) is 6.23. The number of ether oxygens (including phenoxy) is 1. The number of oxime groups is 1. The van der Waals surface area contributed by atoms with Gasteiger partial charge in [-0.3, -0.25) is 0 Å². The second kappa shape index (κ2) is 6.54. The number of hydrogen-bond acceptors (Lipinski definition) is 4. The molecule has 0 amide bonds. The van der Waals surface area contributed by atoms with E-state index in [-0.39, 0.29) is 11.4 Å². The Kier molecular flexibility index (Phi) is 5.32. The lowest BCUT2D eigenvalue weighted by Crippen LogP contribution is -2.36. The van der Waals surface area contributed by atoms with E-state index in [9.17, 15) is 0 Å². The molecule has 1 aromatic rings. The van der Waals surface area contributed by atoms with Crippen molar-refractivity contribution in [3.05, 3.63) is 34.9 Å². The summed E-state index contributed by atoms with van der Waals surface area (Å²) >= 11 is 0. The SMILES string of the molecule is COC(C)(C)CNCc1ccc(/C(N)=N/O)cc1C. The minimum absolute atomic E-state index is 0.128. The molecule has 0 spiro atoms. The van der Waals surface area contributed by atoms with Crippen LogP contribution in [0.3, 0.4) is 0 Å². The van der Waals surface area contributed by atoms with Crippen molar-refractivity contribution in [2.45, 2.75) is 32.9 Å². The zero-order valence-corrected chi connectivity index (χ0v) is 12.0. The summed E-state index contributed by atoms with van der Waals surface area (Å²) in [4.78, 5) is 0. The number of nitrogens with two attached hydrogens (primary N) is 1. The Hall–Kier alpha value is -1.59. The van der Waals surface area contributed by atoms with E-state index in [0.29, 0.717) is 0 Å². The molecule has 4 N–H and O–H groups in total. The molecule has 0 unspecified atom stereocenters. The van der Waals surface area contributed by atoms with Gasteiger partial charge in [-0.25, -0.2) is 0 Å². The van der Waals surface area contributed by atoms with E-state index in [1.807, 2.05) is 39.0 Å². The van der Waals surface area contributed by atoms with E-state index in [1.165, 1.54) is 5.56 Å². The van der Waals surface area contributed by atoms with Gasteiger partial charge >= 0.3 is 0 Å². The summed E-state index contributed by atoms with van der Waals surface area (Å²) in [7, 11) is 1.71. The van der Waals surface area contributed by atoms with Crippen LogP contribution in [0.5, 0.6) is 0 Å². The summed E-state index contributed by atoms with van der Waals surface area (Å²) in [6.45, 7) is 7.61. The van der Waals surface area contributed by atoms with E-state index >= 15 is 0 Å². The smallest absolute Gasteiger partial charge is 0.170 e. The van der Waals surface area contributed by atoms with E-state index in [1.54, 1.807) is 7.11 Å². The van der Waals surface area contributed by atoms with Gasteiger partial charge in [0.1, 0.15) is 0 Å². The van der Waals surface area contributed by atoms with Crippen LogP contribution in [0.4, 0.5) is 0 Å². The van der Waals surface area contributed by atoms with Crippen LogP contribution in [-0.2, 0) is 11.3 Å². The van der Waals surface area contributed by atoms with Crippen molar-refractivity contribution in [1.29, 1.82) is 0 Å². The summed E-state index contributed by atoms with van der Waals surface area (Å²) in [5, 5.41) is 15.0. The molecule has 0 atom stereocenters. The lowest BCUT2D eigenvalue weighted by atomic mass is 10.0. The van der Waals surface area contributed by atoms with E-state index in [2.05, 4.69) is 10.5 Å². The van der Waals surface area contributed by atoms with Crippen LogP contribution in [0.1, 0.15) is 30.5 Å². The highest BCUT2D eigenvalue weighted by Gasteiger charge is 2.15. The average Bonchev–Trinajstić information content (AvgIpc) is 2.39. The number of amidine groups is 1. The van der Waals surface area contributed by atoms with Crippen molar-refractivity contribution in [3.63, 3.8) is 0 Å². The fourth-order valence-corrected chi connectivity index (χ4v) is 1.68. The molecule has 0 aliphatic rings. The highest BCUT2D eigenvalue weighted by Crippen LogP contribution is 2.12. The first-order valence-electron chi connectivity index (χ1n) is 6.23. The number of methoxy groups -OCH3 is 1. The van der Waals surface area contributed by atoms with Crippen LogP contribution in [0, 0.1) is 6.92 Å². The van der Waals surface area contributed by atoms with Crippen molar-refractivity contribution in [2.75, 3.05) is 13.7 Å². The first-order chi connectivity index (χ1) is 8.89. The summed E-state index contributed by atoms with van der Waals surface area (Å²) in [5.74, 6) is 0.128. The normalized spacial score (nSPS) is 12.7. The second-order valence-electron chi connectivity index (χ2n) is 5.19. The summed E-state index contributed by atoms with van der Waals surface area (Å²) in [6, 6.07) is 5.74. The largest absolute Gasteiger partial charge is 0.409 e. The summed E-state index contributed by atoms with van der Waals surface area (Å²) in [5.41, 5.74) is 8.39. The van der Waals surface area contributed by atoms with Gasteiger partial charge in [0.15, 0.2) is 5.84 Å². The Balaban J connectivity index is 2.66. The van der Waals surface area contributed by atoms with Crippen LogP contribution in [-0.4, -0.2) is 30.3 Å². The lowest BCUT2D eigenvalue weighted by Gasteiger charge is -2.23. The van der Waals surface area contributed by atoms with Crippen molar-refractivity contribution >= 4 is 5.84 Å². The van der Waals surface area contributed by atoms with Gasteiger partial charge in [0.25, 0.3) is 0 Å². The molecule has 0 aromatic heterocycles. The van der Waals surface area contributed by atoms with Gasteiger partial charge in [0.05, 0.1) is 5.60 Å². The van der Waals surface area contributed by atoms with Crippen molar-refractivity contribution in [1.82, 2.24) is 5.32 Å². The third-order valence-corrected chi connectivity index (χ3v) is 3.16. The summed E-state index contributed by atoms with van der Waals surface area (Å²) in [6.07, 6.45) is 0. The van der Waals surface area contributed by atoms with Gasteiger partial charge in [-0.1, -0.05) is 17.3 Å². The number of hydrogen-bond donors (Lipinski definition) is 3. The van der Waals surface area contributed by atoms with Crippen LogP contribution in [0.2, 0.25) is 0 Å². The molecule has 1 rings (SSSR count). The zero-order chi connectivity index (χ0) is 14.5. The van der Waals surface area contributed by atoms with Gasteiger partial charge < -0.3 is 21.0 Å². The number of nitrogens with zero attached hydrogens (tertiary/aromatic N) is 1. The third-order valence-electron chi connectivity index (χ3n) is 3.16. The Morgan fingerprint density at radius 1 is 1.47 bits per heavy atom. The minimum atomic E-state index is -0.179. The fourth-order valence-electron chi connectivity index (χ4n) is 1.68. The van der Waals surface area contributed by atoms with Gasteiger partial charge in [-0.15, -0.1) is 0 Å². The maximum Gasteiger partial charge on any atom is 0.170 e. The quantitative estimate of drug-likeness (QED) is 0.316. The standard InChI is InChI=1S/C14H23N3O2/c1-10-7-11(13(15)17-18)5-6-12(10)8-16-9-14(2,3)19-4/h5-7,16,18H,8-9H2,1-4H3,(H2,15,17). The van der Waals surface area contributed by atoms with Crippen LogP contribution in [0.25, 0.3) is 0 Å². The molecule has 5 nitrogen and oxygen atoms in total. The molecule has 0 heterocycles. The fraction of sp³-hybridized carbons (Fsp3) is 0.500. The van der Waals surface area contributed by atoms with Gasteiger partial charge in [-0.2, -0.15) is 0 Å². The van der Waals surface area contributed by atoms with Gasteiger partial charge in [-0.05, 0) is 38.0 Å². The number of rotatable bonds is 6. The van der Waals surface area contributed by atoms with Crippen LogP contribution < -0.4 is 11.1 Å². The highest BCUT2D eigenvalue weighted by atomic mass is 16.5. The predicted molar refractivity (Wildman–Crippen MR) is 76.5 cm³/mol. The van der Waals surface area contributed by atoms with Crippen molar-refractivity contribution in [3.8, 4) is 0 Å². The van der Waals surface area contributed by atoms with Gasteiger partial charge in [0.2, 0.25) is 0 Å². The average molecular weight is 265 g/mol. The zero-order valence-electron chi connectivity index (χ0n) is 12.0. The molecule has 1 aromatic carbocycles. The molecule has 0 saturated heterocycles. The van der Waals surface area contributed by atoms with Gasteiger partial charge in [0, 0.05) is 25.8 Å². The van der Waals surface area contributed by atoms with E-state index in [4.69, 9.17) is 15.7 Å². The predicted octanol–water partition coefficient (Wildman–Crippen LogP) is 1.60. The van der Waals surface area contributed by atoms with Crippen LogP contribution in [0.15, 0.2) is 23.4 Å². The van der Waals surface area contributed by atoms with Crippen molar-refractivity contribution < 1.29 is 9.94 Å². The van der Waals surface area contributed by atoms with E-state index < -0.39 is 0 Å². The molecule has 19 heavy (non-hydrogen) atoms. The Morgan fingerprint density at radius 2 is 2.16 bits per heavy atom. The number of aryl methyl sites for hydroxylation is 1. The Bertz CT molecular complexity index is 456. The molecule has 0 aliphatic carbocycles. The molecule has 0 bridgehead atoms.